The van der Waals surface area contributed by atoms with Gasteiger partial charge in [0, 0.05) is 11.0 Å². The van der Waals surface area contributed by atoms with E-state index in [2.05, 4.69) is 32.2 Å². The lowest BCUT2D eigenvalue weighted by atomic mass is 9.89. The Morgan fingerprint density at radius 3 is 2.90 bits per heavy atom. The molecule has 0 saturated carbocycles. The van der Waals surface area contributed by atoms with Crippen LogP contribution < -0.4 is 14.8 Å². The van der Waals surface area contributed by atoms with Crippen LogP contribution >= 0.6 is 11.3 Å². The van der Waals surface area contributed by atoms with Gasteiger partial charge >= 0.3 is 0 Å². The number of hydrogen-bond donors (Lipinski definition) is 1. The van der Waals surface area contributed by atoms with Crippen molar-refractivity contribution in [2.75, 3.05) is 19.0 Å². The molecular formula is C25H30N2O3S. The predicted octanol–water partition coefficient (Wildman–Crippen LogP) is 5.83. The van der Waals surface area contributed by atoms with Gasteiger partial charge in [0.25, 0.3) is 0 Å². The van der Waals surface area contributed by atoms with E-state index in [1.165, 1.54) is 22.3 Å². The predicted molar refractivity (Wildman–Crippen MR) is 126 cm³/mol. The van der Waals surface area contributed by atoms with Crippen LogP contribution in [0.1, 0.15) is 55.2 Å². The molecule has 1 aliphatic carbocycles. The number of nitriles is 1. The van der Waals surface area contributed by atoms with Gasteiger partial charge in [0.1, 0.15) is 11.1 Å². The maximum atomic E-state index is 12.5. The van der Waals surface area contributed by atoms with Gasteiger partial charge in [-0.05, 0) is 66.9 Å². The first-order valence-corrected chi connectivity index (χ1v) is 11.6. The molecule has 0 spiro atoms. The summed E-state index contributed by atoms with van der Waals surface area (Å²) in [5.41, 5.74) is 2.57. The molecule has 0 radical (unpaired) electrons. The zero-order valence-electron chi connectivity index (χ0n) is 18.7. The summed E-state index contributed by atoms with van der Waals surface area (Å²) in [6.07, 6.45) is 7.16. The second-order valence-corrected chi connectivity index (χ2v) is 9.54. The summed E-state index contributed by atoms with van der Waals surface area (Å²) in [6, 6.07) is 7.88. The minimum Gasteiger partial charge on any atom is -0.493 e. The highest BCUT2D eigenvalue weighted by Crippen LogP contribution is 2.39. The Kier molecular flexibility index (Phi) is 7.75. The zero-order chi connectivity index (χ0) is 22.4. The molecule has 1 atom stereocenters. The third kappa shape index (κ3) is 5.89. The molecule has 31 heavy (non-hydrogen) atoms. The topological polar surface area (TPSA) is 71.3 Å². The van der Waals surface area contributed by atoms with Crippen molar-refractivity contribution in [1.82, 2.24) is 0 Å². The molecule has 1 aromatic heterocycles. The van der Waals surface area contributed by atoms with E-state index in [4.69, 9.17) is 9.47 Å². The Morgan fingerprint density at radius 2 is 2.19 bits per heavy atom. The fourth-order valence-corrected chi connectivity index (χ4v) is 4.96. The van der Waals surface area contributed by atoms with Crippen LogP contribution in [0.3, 0.4) is 0 Å². The van der Waals surface area contributed by atoms with Crippen LogP contribution in [0.4, 0.5) is 5.00 Å². The van der Waals surface area contributed by atoms with Crippen molar-refractivity contribution in [2.24, 2.45) is 11.8 Å². The highest BCUT2D eigenvalue weighted by molar-refractivity contribution is 7.16. The first-order chi connectivity index (χ1) is 14.9. The van der Waals surface area contributed by atoms with E-state index >= 15 is 0 Å². The average Bonchev–Trinajstić information content (AvgIpc) is 3.08. The summed E-state index contributed by atoms with van der Waals surface area (Å²) in [5, 5.41) is 13.1. The minimum absolute atomic E-state index is 0.251. The SMILES string of the molecule is COc1cc(C=CC(=O)Nc2sc3c(c2C#N)CCC(C)C3)ccc1OCCC(C)C. The molecule has 5 nitrogen and oxygen atoms in total. The van der Waals surface area contributed by atoms with E-state index in [0.29, 0.717) is 40.5 Å². The number of benzene rings is 1. The number of carbonyl (C=O) groups excluding carboxylic acids is 1. The molecule has 2 aromatic rings. The van der Waals surface area contributed by atoms with Crippen molar-refractivity contribution < 1.29 is 14.3 Å². The quantitative estimate of drug-likeness (QED) is 0.526. The summed E-state index contributed by atoms with van der Waals surface area (Å²) in [5.74, 6) is 2.28. The third-order valence-electron chi connectivity index (χ3n) is 5.43. The van der Waals surface area contributed by atoms with Crippen LogP contribution in [-0.4, -0.2) is 19.6 Å². The number of nitrogens with zero attached hydrogens (tertiary/aromatic N) is 1. The molecule has 1 unspecified atom stereocenters. The molecule has 1 heterocycles. The molecular weight excluding hydrogens is 408 g/mol. The Hall–Kier alpha value is -2.78. The largest absolute Gasteiger partial charge is 0.493 e. The van der Waals surface area contributed by atoms with Crippen molar-refractivity contribution in [3.8, 4) is 17.6 Å². The smallest absolute Gasteiger partial charge is 0.249 e. The van der Waals surface area contributed by atoms with Crippen LogP contribution in [0.5, 0.6) is 11.5 Å². The number of carbonyl (C=O) groups is 1. The van der Waals surface area contributed by atoms with E-state index in [1.807, 2.05) is 18.2 Å². The van der Waals surface area contributed by atoms with Crippen LogP contribution in [0.25, 0.3) is 6.08 Å². The lowest BCUT2D eigenvalue weighted by Gasteiger charge is -2.17. The highest BCUT2D eigenvalue weighted by atomic mass is 32.1. The molecule has 1 aliphatic rings. The van der Waals surface area contributed by atoms with E-state index in [-0.39, 0.29) is 5.91 Å². The van der Waals surface area contributed by atoms with Gasteiger partial charge in [-0.3, -0.25) is 4.79 Å². The maximum absolute atomic E-state index is 12.5. The lowest BCUT2D eigenvalue weighted by Crippen LogP contribution is -2.10. The van der Waals surface area contributed by atoms with Crippen molar-refractivity contribution in [1.29, 1.82) is 5.26 Å². The fourth-order valence-electron chi connectivity index (χ4n) is 3.59. The van der Waals surface area contributed by atoms with Crippen molar-refractivity contribution >= 4 is 28.3 Å². The number of fused-ring (bicyclic) bond motifs is 1. The number of anilines is 1. The van der Waals surface area contributed by atoms with Crippen molar-refractivity contribution in [3.05, 3.63) is 45.8 Å². The monoisotopic (exact) mass is 438 g/mol. The Bertz CT molecular complexity index is 1000. The standard InChI is InChI=1S/C25H30N2O3S/c1-16(2)11-12-30-21-9-6-18(14-22(21)29-4)7-10-24(28)27-25-20(15-26)19-8-5-17(3)13-23(19)31-25/h6-7,9-10,14,16-17H,5,8,11-13H2,1-4H3,(H,27,28). The molecule has 3 rings (SSSR count). The number of nitrogens with one attached hydrogen (secondary N) is 1. The number of amides is 1. The van der Waals surface area contributed by atoms with Gasteiger partial charge in [-0.25, -0.2) is 0 Å². The van der Waals surface area contributed by atoms with Gasteiger partial charge in [-0.1, -0.05) is 26.8 Å². The molecule has 0 fully saturated rings. The van der Waals surface area contributed by atoms with Crippen LogP contribution in [0.15, 0.2) is 24.3 Å². The van der Waals surface area contributed by atoms with Crippen LogP contribution in [-0.2, 0) is 17.6 Å². The first kappa shape index (κ1) is 22.9. The van der Waals surface area contributed by atoms with Gasteiger partial charge in [0.05, 0.1) is 19.3 Å². The molecule has 164 valence electrons. The highest BCUT2D eigenvalue weighted by Gasteiger charge is 2.24. The van der Waals surface area contributed by atoms with Gasteiger partial charge < -0.3 is 14.8 Å². The van der Waals surface area contributed by atoms with Crippen LogP contribution in [0, 0.1) is 23.2 Å². The number of ether oxygens (including phenoxy) is 2. The molecule has 6 heteroatoms. The first-order valence-electron chi connectivity index (χ1n) is 10.8. The van der Waals surface area contributed by atoms with Crippen LogP contribution in [0.2, 0.25) is 0 Å². The Morgan fingerprint density at radius 1 is 1.39 bits per heavy atom. The molecule has 0 aliphatic heterocycles. The number of thiophene rings is 1. The summed E-state index contributed by atoms with van der Waals surface area (Å²) < 4.78 is 11.3. The second kappa shape index (κ2) is 10.5. The Balaban J connectivity index is 1.67. The normalized spacial score (nSPS) is 15.5. The van der Waals surface area contributed by atoms with E-state index in [9.17, 15) is 10.1 Å². The maximum Gasteiger partial charge on any atom is 0.249 e. The average molecular weight is 439 g/mol. The molecule has 1 aromatic carbocycles. The Labute approximate surface area is 188 Å². The van der Waals surface area contributed by atoms with E-state index < -0.39 is 0 Å². The fraction of sp³-hybridized carbons (Fsp3) is 0.440. The number of rotatable bonds is 8. The summed E-state index contributed by atoms with van der Waals surface area (Å²) >= 11 is 1.53. The summed E-state index contributed by atoms with van der Waals surface area (Å²) in [7, 11) is 1.60. The van der Waals surface area contributed by atoms with Crippen molar-refractivity contribution in [3.63, 3.8) is 0 Å². The summed E-state index contributed by atoms with van der Waals surface area (Å²) in [6.45, 7) is 7.18. The lowest BCUT2D eigenvalue weighted by molar-refractivity contribution is -0.111. The van der Waals surface area contributed by atoms with Crippen molar-refractivity contribution in [2.45, 2.75) is 46.5 Å². The molecule has 1 N–H and O–H groups in total. The second-order valence-electron chi connectivity index (χ2n) is 8.43. The van der Waals surface area contributed by atoms with Gasteiger partial charge in [0.15, 0.2) is 11.5 Å². The molecule has 0 saturated heterocycles. The molecule has 0 bridgehead atoms. The zero-order valence-corrected chi connectivity index (χ0v) is 19.5. The van der Waals surface area contributed by atoms with Gasteiger partial charge in [-0.2, -0.15) is 5.26 Å². The minimum atomic E-state index is -0.251. The molecule has 1 amide bonds. The van der Waals surface area contributed by atoms with E-state index in [1.54, 1.807) is 13.2 Å². The van der Waals surface area contributed by atoms with E-state index in [0.717, 1.165) is 36.8 Å². The van der Waals surface area contributed by atoms with Gasteiger partial charge in [0.2, 0.25) is 5.91 Å². The van der Waals surface area contributed by atoms with Gasteiger partial charge in [-0.15, -0.1) is 11.3 Å². The third-order valence-corrected chi connectivity index (χ3v) is 6.60. The number of methoxy groups -OCH3 is 1. The number of hydrogen-bond acceptors (Lipinski definition) is 5. The summed E-state index contributed by atoms with van der Waals surface area (Å²) in [4.78, 5) is 13.7.